The summed E-state index contributed by atoms with van der Waals surface area (Å²) < 4.78 is 0. The van der Waals surface area contributed by atoms with E-state index in [1.54, 1.807) is 0 Å². The van der Waals surface area contributed by atoms with Gasteiger partial charge in [-0.2, -0.15) is 0 Å². The molecule has 0 aromatic carbocycles. The van der Waals surface area contributed by atoms with Crippen molar-refractivity contribution in [1.29, 1.82) is 0 Å². The Morgan fingerprint density at radius 1 is 1.40 bits per heavy atom. The quantitative estimate of drug-likeness (QED) is 0.634. The van der Waals surface area contributed by atoms with Crippen molar-refractivity contribution in [3.05, 3.63) is 0 Å². The summed E-state index contributed by atoms with van der Waals surface area (Å²) in [5, 5.41) is 1.16. The molecular formula is C13H26BrN. The van der Waals surface area contributed by atoms with Crippen LogP contribution in [0.4, 0.5) is 0 Å². The second-order valence-electron chi connectivity index (χ2n) is 4.86. The van der Waals surface area contributed by atoms with Gasteiger partial charge in [-0.15, -0.1) is 0 Å². The Hall–Kier alpha value is 0.440. The molecule has 1 nitrogen and oxygen atoms in total. The Labute approximate surface area is 104 Å². The maximum absolute atomic E-state index is 3.64. The first kappa shape index (κ1) is 13.5. The number of rotatable bonds is 7. The van der Waals surface area contributed by atoms with E-state index < -0.39 is 0 Å². The molecule has 0 bridgehead atoms. The number of halogens is 1. The summed E-state index contributed by atoms with van der Waals surface area (Å²) in [6, 6.07) is 0.820. The normalized spacial score (nSPS) is 24.6. The molecule has 0 saturated carbocycles. The van der Waals surface area contributed by atoms with Crippen molar-refractivity contribution in [1.82, 2.24) is 4.90 Å². The fraction of sp³-hybridized carbons (Fsp3) is 1.00. The molecule has 2 atom stereocenters. The molecular weight excluding hydrogens is 250 g/mol. The van der Waals surface area contributed by atoms with Gasteiger partial charge >= 0.3 is 0 Å². The molecule has 0 spiro atoms. The number of unbranched alkanes of at least 4 members (excludes halogenated alkanes) is 1. The van der Waals surface area contributed by atoms with Crippen molar-refractivity contribution in [2.24, 2.45) is 5.92 Å². The monoisotopic (exact) mass is 275 g/mol. The molecule has 1 heterocycles. The van der Waals surface area contributed by atoms with E-state index >= 15 is 0 Å². The van der Waals surface area contributed by atoms with Crippen LogP contribution in [0.15, 0.2) is 0 Å². The highest BCUT2D eigenvalue weighted by atomic mass is 79.9. The molecule has 15 heavy (non-hydrogen) atoms. The van der Waals surface area contributed by atoms with Gasteiger partial charge in [0.05, 0.1) is 0 Å². The van der Waals surface area contributed by atoms with Crippen LogP contribution < -0.4 is 0 Å². The first-order valence-corrected chi connectivity index (χ1v) is 7.73. The second kappa shape index (κ2) is 7.67. The van der Waals surface area contributed by atoms with Crippen molar-refractivity contribution < 1.29 is 0 Å². The van der Waals surface area contributed by atoms with Crippen LogP contribution >= 0.6 is 15.9 Å². The average Bonchev–Trinajstić information content (AvgIpc) is 2.71. The molecule has 0 aromatic rings. The molecule has 1 aliphatic heterocycles. The number of alkyl halides is 1. The van der Waals surface area contributed by atoms with Crippen molar-refractivity contribution in [2.45, 2.75) is 58.4 Å². The lowest BCUT2D eigenvalue weighted by atomic mass is 9.98. The van der Waals surface area contributed by atoms with Crippen LogP contribution in [-0.4, -0.2) is 29.4 Å². The fourth-order valence-electron chi connectivity index (χ4n) is 2.56. The van der Waals surface area contributed by atoms with Gasteiger partial charge in [0.1, 0.15) is 0 Å². The fourth-order valence-corrected chi connectivity index (χ4v) is 3.29. The molecule has 1 saturated heterocycles. The van der Waals surface area contributed by atoms with E-state index in [0.717, 1.165) is 17.3 Å². The number of nitrogens with zero attached hydrogens (tertiary/aromatic N) is 1. The molecule has 1 fully saturated rings. The number of hydrogen-bond acceptors (Lipinski definition) is 1. The summed E-state index contributed by atoms with van der Waals surface area (Å²) in [5.41, 5.74) is 0. The zero-order valence-corrected chi connectivity index (χ0v) is 11.9. The SMILES string of the molecule is CCCCC(CC)CN1CCCC1CBr. The van der Waals surface area contributed by atoms with Gasteiger partial charge in [-0.3, -0.25) is 4.90 Å². The minimum absolute atomic E-state index is 0.820. The van der Waals surface area contributed by atoms with Crippen LogP contribution in [0.3, 0.4) is 0 Å². The molecule has 2 unspecified atom stereocenters. The third kappa shape index (κ3) is 4.44. The largest absolute Gasteiger partial charge is 0.299 e. The molecule has 90 valence electrons. The molecule has 0 N–H and O–H groups in total. The highest BCUT2D eigenvalue weighted by Gasteiger charge is 2.24. The Morgan fingerprint density at radius 3 is 2.80 bits per heavy atom. The predicted octanol–water partition coefficient (Wildman–Crippen LogP) is 4.06. The molecule has 0 aromatic heterocycles. The summed E-state index contributed by atoms with van der Waals surface area (Å²) in [5.74, 6) is 0.935. The van der Waals surface area contributed by atoms with Gasteiger partial charge in [-0.25, -0.2) is 0 Å². The van der Waals surface area contributed by atoms with Gasteiger partial charge < -0.3 is 0 Å². The topological polar surface area (TPSA) is 3.24 Å². The highest BCUT2D eigenvalue weighted by Crippen LogP contribution is 2.23. The zero-order chi connectivity index (χ0) is 11.1. The van der Waals surface area contributed by atoms with Crippen LogP contribution in [-0.2, 0) is 0 Å². The van der Waals surface area contributed by atoms with E-state index in [9.17, 15) is 0 Å². The van der Waals surface area contributed by atoms with E-state index in [4.69, 9.17) is 0 Å². The maximum Gasteiger partial charge on any atom is 0.0193 e. The maximum atomic E-state index is 3.64. The minimum Gasteiger partial charge on any atom is -0.299 e. The van der Waals surface area contributed by atoms with Crippen LogP contribution in [0, 0.1) is 5.92 Å². The van der Waals surface area contributed by atoms with Gasteiger partial charge in [0.15, 0.2) is 0 Å². The van der Waals surface area contributed by atoms with Crippen molar-refractivity contribution >= 4 is 15.9 Å². The van der Waals surface area contributed by atoms with Crippen molar-refractivity contribution in [2.75, 3.05) is 18.4 Å². The Bertz CT molecular complexity index is 161. The lowest BCUT2D eigenvalue weighted by Crippen LogP contribution is -2.34. The molecule has 0 radical (unpaired) electrons. The van der Waals surface area contributed by atoms with Crippen LogP contribution in [0.25, 0.3) is 0 Å². The van der Waals surface area contributed by atoms with Crippen LogP contribution in [0.1, 0.15) is 52.4 Å². The van der Waals surface area contributed by atoms with E-state index in [-0.39, 0.29) is 0 Å². The predicted molar refractivity (Wildman–Crippen MR) is 71.7 cm³/mol. The van der Waals surface area contributed by atoms with Gasteiger partial charge in [0, 0.05) is 17.9 Å². The molecule has 0 aliphatic carbocycles. The van der Waals surface area contributed by atoms with Crippen LogP contribution in [0.2, 0.25) is 0 Å². The minimum atomic E-state index is 0.820. The lowest BCUT2D eigenvalue weighted by Gasteiger charge is -2.27. The first-order valence-electron chi connectivity index (χ1n) is 6.61. The molecule has 0 amide bonds. The van der Waals surface area contributed by atoms with Gasteiger partial charge in [-0.05, 0) is 31.7 Å². The summed E-state index contributed by atoms with van der Waals surface area (Å²) in [7, 11) is 0. The Morgan fingerprint density at radius 2 is 2.20 bits per heavy atom. The van der Waals surface area contributed by atoms with Gasteiger partial charge in [-0.1, -0.05) is 49.0 Å². The second-order valence-corrected chi connectivity index (χ2v) is 5.51. The molecule has 1 rings (SSSR count). The highest BCUT2D eigenvalue weighted by molar-refractivity contribution is 9.09. The zero-order valence-electron chi connectivity index (χ0n) is 10.3. The van der Waals surface area contributed by atoms with Gasteiger partial charge in [0.2, 0.25) is 0 Å². The van der Waals surface area contributed by atoms with E-state index in [1.165, 1.54) is 51.6 Å². The van der Waals surface area contributed by atoms with E-state index in [1.807, 2.05) is 0 Å². The summed E-state index contributed by atoms with van der Waals surface area (Å²) in [6.45, 7) is 7.31. The third-order valence-electron chi connectivity index (χ3n) is 3.71. The van der Waals surface area contributed by atoms with Crippen molar-refractivity contribution in [3.63, 3.8) is 0 Å². The van der Waals surface area contributed by atoms with Crippen molar-refractivity contribution in [3.8, 4) is 0 Å². The molecule has 2 heteroatoms. The summed E-state index contributed by atoms with van der Waals surface area (Å²) >= 11 is 3.64. The Kier molecular flexibility index (Phi) is 6.91. The van der Waals surface area contributed by atoms with Gasteiger partial charge in [0.25, 0.3) is 0 Å². The smallest absolute Gasteiger partial charge is 0.0193 e. The van der Waals surface area contributed by atoms with Crippen LogP contribution in [0.5, 0.6) is 0 Å². The Balaban J connectivity index is 2.29. The molecule has 1 aliphatic rings. The van der Waals surface area contributed by atoms with E-state index in [0.29, 0.717) is 0 Å². The average molecular weight is 276 g/mol. The summed E-state index contributed by atoms with van der Waals surface area (Å²) in [6.07, 6.45) is 8.34. The number of likely N-dealkylation sites (tertiary alicyclic amines) is 1. The third-order valence-corrected chi connectivity index (χ3v) is 4.46. The number of hydrogen-bond donors (Lipinski definition) is 0. The van der Waals surface area contributed by atoms with E-state index in [2.05, 4.69) is 34.7 Å². The summed E-state index contributed by atoms with van der Waals surface area (Å²) in [4.78, 5) is 2.71. The standard InChI is InChI=1S/C13H26BrN/c1-3-5-7-12(4-2)11-15-9-6-8-13(15)10-14/h12-13H,3-11H2,1-2H3. The lowest BCUT2D eigenvalue weighted by molar-refractivity contribution is 0.217. The first-order chi connectivity index (χ1) is 7.31.